The number of anilines is 1. The zero-order valence-corrected chi connectivity index (χ0v) is 16.9. The van der Waals surface area contributed by atoms with Gasteiger partial charge in [-0.3, -0.25) is 0 Å². The summed E-state index contributed by atoms with van der Waals surface area (Å²) >= 11 is 0. The van der Waals surface area contributed by atoms with E-state index in [4.69, 9.17) is 9.57 Å². The molecule has 1 aliphatic heterocycles. The van der Waals surface area contributed by atoms with Crippen molar-refractivity contribution in [1.82, 2.24) is 4.90 Å². The topological polar surface area (TPSA) is 80.2 Å². The molecule has 2 aromatic rings. The Morgan fingerprint density at radius 1 is 1.23 bits per heavy atom. The molecule has 7 heteroatoms. The Morgan fingerprint density at radius 3 is 2.63 bits per heavy atom. The third-order valence-electron chi connectivity index (χ3n) is 4.55. The first-order valence-corrected chi connectivity index (χ1v) is 9.82. The van der Waals surface area contributed by atoms with E-state index in [2.05, 4.69) is 17.1 Å². The molecule has 1 N–H and O–H groups in total. The van der Waals surface area contributed by atoms with E-state index in [1.165, 1.54) is 0 Å². The van der Waals surface area contributed by atoms with E-state index in [0.29, 0.717) is 37.4 Å². The van der Waals surface area contributed by atoms with Crippen molar-refractivity contribution in [1.29, 1.82) is 0 Å². The SMILES string of the molecule is C=CCN(C[C@H]1CC(c2ccccc2)=NO1)C(=O)Nc1ccc(C(=O)OCC)cc1. The van der Waals surface area contributed by atoms with E-state index in [-0.39, 0.29) is 12.1 Å². The molecule has 7 nitrogen and oxygen atoms in total. The van der Waals surface area contributed by atoms with Gasteiger partial charge in [0.1, 0.15) is 0 Å². The van der Waals surface area contributed by atoms with Crippen molar-refractivity contribution in [2.24, 2.45) is 5.16 Å². The van der Waals surface area contributed by atoms with E-state index in [1.54, 1.807) is 42.2 Å². The zero-order chi connectivity index (χ0) is 21.3. The van der Waals surface area contributed by atoms with E-state index in [9.17, 15) is 9.59 Å². The number of hydrogen-bond donors (Lipinski definition) is 1. The lowest BCUT2D eigenvalue weighted by Crippen LogP contribution is -2.40. The lowest BCUT2D eigenvalue weighted by atomic mass is 10.1. The summed E-state index contributed by atoms with van der Waals surface area (Å²) in [5, 5.41) is 7.01. The first kappa shape index (κ1) is 21.1. The minimum absolute atomic E-state index is 0.225. The molecule has 3 rings (SSSR count). The first-order chi connectivity index (χ1) is 14.6. The van der Waals surface area contributed by atoms with Crippen molar-refractivity contribution in [3.63, 3.8) is 0 Å². The summed E-state index contributed by atoms with van der Waals surface area (Å²) in [6.07, 6.45) is 2.06. The second kappa shape index (κ2) is 10.2. The number of nitrogens with zero attached hydrogens (tertiary/aromatic N) is 2. The molecule has 0 fully saturated rings. The van der Waals surface area contributed by atoms with Crippen molar-refractivity contribution in [3.8, 4) is 0 Å². The van der Waals surface area contributed by atoms with E-state index in [1.807, 2.05) is 30.3 Å². The van der Waals surface area contributed by atoms with Crippen LogP contribution in [-0.4, -0.2) is 48.4 Å². The number of hydrogen-bond acceptors (Lipinski definition) is 5. The Balaban J connectivity index is 1.57. The molecule has 2 aromatic carbocycles. The number of urea groups is 1. The van der Waals surface area contributed by atoms with Gasteiger partial charge in [0.15, 0.2) is 6.10 Å². The van der Waals surface area contributed by atoms with Gasteiger partial charge < -0.3 is 19.8 Å². The van der Waals surface area contributed by atoms with Gasteiger partial charge in [0, 0.05) is 18.7 Å². The number of benzene rings is 2. The van der Waals surface area contributed by atoms with Gasteiger partial charge in [0.05, 0.1) is 24.4 Å². The van der Waals surface area contributed by atoms with Crippen molar-refractivity contribution in [3.05, 3.63) is 78.4 Å². The monoisotopic (exact) mass is 407 g/mol. The number of nitrogens with one attached hydrogen (secondary N) is 1. The van der Waals surface area contributed by atoms with Gasteiger partial charge >= 0.3 is 12.0 Å². The maximum absolute atomic E-state index is 12.7. The molecule has 0 aliphatic carbocycles. The number of amides is 2. The highest BCUT2D eigenvalue weighted by Gasteiger charge is 2.26. The molecular weight excluding hydrogens is 382 g/mol. The molecule has 2 amide bonds. The smallest absolute Gasteiger partial charge is 0.338 e. The number of rotatable bonds is 8. The molecular formula is C23H25N3O4. The number of esters is 1. The van der Waals surface area contributed by atoms with Crippen molar-refractivity contribution in [2.75, 3.05) is 25.0 Å². The van der Waals surface area contributed by atoms with Crippen LogP contribution in [0.15, 0.2) is 72.4 Å². The van der Waals surface area contributed by atoms with Crippen LogP contribution in [-0.2, 0) is 9.57 Å². The van der Waals surface area contributed by atoms with Crippen LogP contribution in [0, 0.1) is 0 Å². The van der Waals surface area contributed by atoms with Crippen molar-refractivity contribution < 1.29 is 19.2 Å². The molecule has 1 atom stereocenters. The average Bonchev–Trinajstić information content (AvgIpc) is 3.23. The lowest BCUT2D eigenvalue weighted by molar-refractivity contribution is 0.0526. The maximum Gasteiger partial charge on any atom is 0.338 e. The van der Waals surface area contributed by atoms with Gasteiger partial charge in [-0.05, 0) is 36.8 Å². The Kier molecular flexibility index (Phi) is 7.21. The van der Waals surface area contributed by atoms with Gasteiger partial charge in [-0.2, -0.15) is 0 Å². The van der Waals surface area contributed by atoms with Crippen LogP contribution >= 0.6 is 0 Å². The maximum atomic E-state index is 12.7. The standard InChI is InChI=1S/C23H25N3O4/c1-3-14-26(16-20-15-21(25-30-20)17-8-6-5-7-9-17)23(28)24-19-12-10-18(11-13-19)22(27)29-4-2/h3,5-13,20H,1,4,14-16H2,2H3,(H,24,28)/t20-/m1/s1. The van der Waals surface area contributed by atoms with Crippen LogP contribution in [0.1, 0.15) is 29.3 Å². The van der Waals surface area contributed by atoms with Crippen LogP contribution in [0.2, 0.25) is 0 Å². The predicted octanol–water partition coefficient (Wildman–Crippen LogP) is 4.08. The predicted molar refractivity (Wildman–Crippen MR) is 116 cm³/mol. The molecule has 1 heterocycles. The fourth-order valence-corrected chi connectivity index (χ4v) is 3.08. The molecule has 0 aromatic heterocycles. The van der Waals surface area contributed by atoms with Gasteiger partial charge in [-0.1, -0.05) is 41.6 Å². The fourth-order valence-electron chi connectivity index (χ4n) is 3.08. The van der Waals surface area contributed by atoms with Crippen LogP contribution in [0.3, 0.4) is 0 Å². The minimum Gasteiger partial charge on any atom is -0.462 e. The minimum atomic E-state index is -0.392. The van der Waals surface area contributed by atoms with Crippen LogP contribution in [0.5, 0.6) is 0 Å². The normalized spacial score (nSPS) is 15.0. The first-order valence-electron chi connectivity index (χ1n) is 9.82. The van der Waals surface area contributed by atoms with Crippen LogP contribution in [0.25, 0.3) is 0 Å². The summed E-state index contributed by atoms with van der Waals surface area (Å²) in [4.78, 5) is 31.6. The quantitative estimate of drug-likeness (QED) is 0.528. The molecule has 0 spiro atoms. The molecule has 0 unspecified atom stereocenters. The molecule has 156 valence electrons. The molecule has 0 saturated heterocycles. The summed E-state index contributed by atoms with van der Waals surface area (Å²) in [5.41, 5.74) is 2.90. The van der Waals surface area contributed by atoms with E-state index < -0.39 is 5.97 Å². The Labute approximate surface area is 176 Å². The Morgan fingerprint density at radius 2 is 1.97 bits per heavy atom. The summed E-state index contributed by atoms with van der Waals surface area (Å²) in [5.74, 6) is -0.392. The largest absolute Gasteiger partial charge is 0.462 e. The second-order valence-electron chi connectivity index (χ2n) is 6.76. The van der Waals surface area contributed by atoms with Crippen LogP contribution in [0.4, 0.5) is 10.5 Å². The number of carbonyl (C=O) groups is 2. The van der Waals surface area contributed by atoms with Gasteiger partial charge in [0.25, 0.3) is 0 Å². The molecule has 0 saturated carbocycles. The molecule has 0 bridgehead atoms. The van der Waals surface area contributed by atoms with Gasteiger partial charge in [0.2, 0.25) is 0 Å². The summed E-state index contributed by atoms with van der Waals surface area (Å²) < 4.78 is 4.96. The summed E-state index contributed by atoms with van der Waals surface area (Å²) in [7, 11) is 0. The fraction of sp³-hybridized carbons (Fsp3) is 0.261. The zero-order valence-electron chi connectivity index (χ0n) is 16.9. The molecule has 1 aliphatic rings. The highest BCUT2D eigenvalue weighted by atomic mass is 16.6. The Bertz CT molecular complexity index is 910. The third kappa shape index (κ3) is 5.47. The molecule has 30 heavy (non-hydrogen) atoms. The van der Waals surface area contributed by atoms with Crippen molar-refractivity contribution >= 4 is 23.4 Å². The number of ether oxygens (including phenoxy) is 1. The summed E-state index contributed by atoms with van der Waals surface area (Å²) in [6.45, 7) is 6.54. The third-order valence-corrected chi connectivity index (χ3v) is 4.55. The van der Waals surface area contributed by atoms with Crippen molar-refractivity contribution in [2.45, 2.75) is 19.4 Å². The second-order valence-corrected chi connectivity index (χ2v) is 6.76. The average molecular weight is 407 g/mol. The van der Waals surface area contributed by atoms with E-state index in [0.717, 1.165) is 11.3 Å². The van der Waals surface area contributed by atoms with Crippen LogP contribution < -0.4 is 5.32 Å². The lowest BCUT2D eigenvalue weighted by Gasteiger charge is -2.24. The molecule has 0 radical (unpaired) electrons. The van der Waals surface area contributed by atoms with E-state index >= 15 is 0 Å². The number of carbonyl (C=O) groups excluding carboxylic acids is 2. The van der Waals surface area contributed by atoms with Gasteiger partial charge in [-0.25, -0.2) is 9.59 Å². The highest BCUT2D eigenvalue weighted by Crippen LogP contribution is 2.18. The summed E-state index contributed by atoms with van der Waals surface area (Å²) in [6, 6.07) is 16.1. The highest BCUT2D eigenvalue weighted by molar-refractivity contribution is 6.01. The Hall–Kier alpha value is -3.61. The van der Waals surface area contributed by atoms with Gasteiger partial charge in [-0.15, -0.1) is 6.58 Å². The number of oxime groups is 1.